The van der Waals surface area contributed by atoms with Crippen LogP contribution < -0.4 is 0 Å². The number of hydrogen-bond donors (Lipinski definition) is 2. The number of amides is 1. The first-order chi connectivity index (χ1) is 4.59. The van der Waals surface area contributed by atoms with E-state index in [0.29, 0.717) is 6.42 Å². The lowest BCUT2D eigenvalue weighted by Gasteiger charge is -2.06. The molecule has 58 valence electrons. The maximum Gasteiger partial charge on any atom is 0.298 e. The Hall–Kier alpha value is -0.870. The lowest BCUT2D eigenvalue weighted by atomic mass is 10.2. The van der Waals surface area contributed by atoms with Gasteiger partial charge >= 0.3 is 0 Å². The molecule has 0 rings (SSSR count). The Morgan fingerprint density at radius 3 is 2.40 bits per heavy atom. The van der Waals surface area contributed by atoms with Crippen molar-refractivity contribution in [2.75, 3.05) is 0 Å². The van der Waals surface area contributed by atoms with Gasteiger partial charge in [0.05, 0.1) is 0 Å². The Kier molecular flexibility index (Phi) is 3.68. The van der Waals surface area contributed by atoms with Gasteiger partial charge in [0.2, 0.25) is 0 Å². The first-order valence-corrected chi connectivity index (χ1v) is 2.99. The second-order valence-corrected chi connectivity index (χ2v) is 1.95. The Balaban J connectivity index is 3.83. The summed E-state index contributed by atoms with van der Waals surface area (Å²) in [5.41, 5.74) is 0.201. The second kappa shape index (κ2) is 4.03. The molecule has 0 radical (unpaired) electrons. The molecule has 0 heterocycles. The summed E-state index contributed by atoms with van der Waals surface area (Å²) in [6.45, 7) is 5.23. The third-order valence-corrected chi connectivity index (χ3v) is 1.04. The van der Waals surface area contributed by atoms with Gasteiger partial charge in [0.1, 0.15) is 0 Å². The van der Waals surface area contributed by atoms with E-state index in [2.05, 4.69) is 6.58 Å². The fourth-order valence-corrected chi connectivity index (χ4v) is 0.550. The number of nitrogens with zero attached hydrogens (tertiary/aromatic N) is 1. The van der Waals surface area contributed by atoms with Gasteiger partial charge in [-0.3, -0.25) is 15.2 Å². The van der Waals surface area contributed by atoms with Gasteiger partial charge in [-0.15, -0.1) is 0 Å². The van der Waals surface area contributed by atoms with Crippen LogP contribution in [0, 0.1) is 0 Å². The summed E-state index contributed by atoms with van der Waals surface area (Å²) in [5.74, 6) is -0.846. The van der Waals surface area contributed by atoms with E-state index in [1.807, 2.05) is 6.92 Å². The molecule has 0 aromatic carbocycles. The van der Waals surface area contributed by atoms with E-state index in [1.165, 1.54) is 0 Å². The largest absolute Gasteiger partial charge is 0.298 e. The molecule has 0 aromatic rings. The van der Waals surface area contributed by atoms with Crippen molar-refractivity contribution in [1.82, 2.24) is 5.23 Å². The van der Waals surface area contributed by atoms with Gasteiger partial charge in [-0.25, -0.2) is 0 Å². The van der Waals surface area contributed by atoms with Crippen LogP contribution >= 0.6 is 0 Å². The fraction of sp³-hybridized carbons (Fsp3) is 0.500. The smallest absolute Gasteiger partial charge is 0.265 e. The minimum absolute atomic E-state index is 0.201. The third-order valence-electron chi connectivity index (χ3n) is 1.04. The monoisotopic (exact) mass is 145 g/mol. The molecule has 1 amide bonds. The van der Waals surface area contributed by atoms with Crippen LogP contribution in [0.2, 0.25) is 0 Å². The minimum Gasteiger partial charge on any atom is -0.265 e. The maximum atomic E-state index is 10.6. The van der Waals surface area contributed by atoms with Crippen molar-refractivity contribution in [1.29, 1.82) is 0 Å². The molecule has 2 N–H and O–H groups in total. The number of rotatable bonds is 3. The molecular weight excluding hydrogens is 134 g/mol. The molecule has 0 aliphatic carbocycles. The highest BCUT2D eigenvalue weighted by molar-refractivity contribution is 5.90. The van der Waals surface area contributed by atoms with E-state index in [1.54, 1.807) is 0 Å². The number of hydroxylamine groups is 2. The normalized spacial score (nSPS) is 9.10. The van der Waals surface area contributed by atoms with E-state index in [0.717, 1.165) is 6.42 Å². The third kappa shape index (κ3) is 2.61. The van der Waals surface area contributed by atoms with Crippen LogP contribution in [0.1, 0.15) is 19.8 Å². The molecule has 4 heteroatoms. The highest BCUT2D eigenvalue weighted by Gasteiger charge is 2.10. The second-order valence-electron chi connectivity index (χ2n) is 1.95. The summed E-state index contributed by atoms with van der Waals surface area (Å²) in [7, 11) is 0. The first-order valence-electron chi connectivity index (χ1n) is 2.99. The summed E-state index contributed by atoms with van der Waals surface area (Å²) in [4.78, 5) is 10.6. The van der Waals surface area contributed by atoms with Crippen molar-refractivity contribution >= 4 is 5.91 Å². The van der Waals surface area contributed by atoms with E-state index >= 15 is 0 Å². The lowest BCUT2D eigenvalue weighted by Crippen LogP contribution is -2.24. The first kappa shape index (κ1) is 9.13. The minimum atomic E-state index is -0.846. The highest BCUT2D eigenvalue weighted by atomic mass is 16.8. The van der Waals surface area contributed by atoms with Crippen LogP contribution in [-0.2, 0) is 4.79 Å². The van der Waals surface area contributed by atoms with Crippen LogP contribution in [0.3, 0.4) is 0 Å². The molecule has 0 unspecified atom stereocenters. The van der Waals surface area contributed by atoms with Gasteiger partial charge in [0, 0.05) is 5.57 Å². The van der Waals surface area contributed by atoms with Crippen molar-refractivity contribution in [3.8, 4) is 0 Å². The number of carbonyl (C=O) groups is 1. The highest BCUT2D eigenvalue weighted by Crippen LogP contribution is 2.03. The summed E-state index contributed by atoms with van der Waals surface area (Å²) in [5, 5.41) is 15.9. The summed E-state index contributed by atoms with van der Waals surface area (Å²) in [6.07, 6.45) is 1.24. The molecule has 4 nitrogen and oxygen atoms in total. The van der Waals surface area contributed by atoms with Crippen molar-refractivity contribution in [2.45, 2.75) is 19.8 Å². The van der Waals surface area contributed by atoms with Crippen LogP contribution in [0.25, 0.3) is 0 Å². The molecule has 0 aliphatic rings. The zero-order chi connectivity index (χ0) is 8.15. The lowest BCUT2D eigenvalue weighted by molar-refractivity contribution is -0.281. The molecule has 0 saturated carbocycles. The Bertz CT molecular complexity index is 142. The maximum absolute atomic E-state index is 10.6. The summed E-state index contributed by atoms with van der Waals surface area (Å²) in [6, 6.07) is 0. The Morgan fingerprint density at radius 1 is 1.60 bits per heavy atom. The predicted molar refractivity (Wildman–Crippen MR) is 34.5 cm³/mol. The molecule has 10 heavy (non-hydrogen) atoms. The van der Waals surface area contributed by atoms with Crippen LogP contribution in [-0.4, -0.2) is 21.5 Å². The average Bonchev–Trinajstić information content (AvgIpc) is 1.87. The van der Waals surface area contributed by atoms with Crippen molar-refractivity contribution < 1.29 is 15.2 Å². The summed E-state index contributed by atoms with van der Waals surface area (Å²) >= 11 is 0. The standard InChI is InChI=1S/C6H11NO3/c1-3-4-5(2)6(8)7(9)10/h9-10H,2-4H2,1H3. The Morgan fingerprint density at radius 2 is 2.10 bits per heavy atom. The van der Waals surface area contributed by atoms with Gasteiger partial charge in [0.25, 0.3) is 5.91 Å². The van der Waals surface area contributed by atoms with Gasteiger partial charge in [-0.05, 0) is 6.42 Å². The number of carbonyl (C=O) groups excluding carboxylic acids is 1. The van der Waals surface area contributed by atoms with Crippen molar-refractivity contribution in [3.63, 3.8) is 0 Å². The van der Waals surface area contributed by atoms with E-state index in [-0.39, 0.29) is 5.57 Å². The van der Waals surface area contributed by atoms with Crippen LogP contribution in [0.5, 0.6) is 0 Å². The van der Waals surface area contributed by atoms with Crippen LogP contribution in [0.4, 0.5) is 0 Å². The van der Waals surface area contributed by atoms with Gasteiger partial charge in [-0.1, -0.05) is 25.2 Å². The fourth-order valence-electron chi connectivity index (χ4n) is 0.550. The average molecular weight is 145 g/mol. The molecule has 0 fully saturated rings. The molecule has 0 aromatic heterocycles. The van der Waals surface area contributed by atoms with Crippen molar-refractivity contribution in [3.05, 3.63) is 12.2 Å². The Labute approximate surface area is 59.3 Å². The van der Waals surface area contributed by atoms with E-state index in [9.17, 15) is 4.79 Å². The van der Waals surface area contributed by atoms with Crippen LogP contribution in [0.15, 0.2) is 12.2 Å². The van der Waals surface area contributed by atoms with E-state index in [4.69, 9.17) is 10.4 Å². The molecule has 0 saturated heterocycles. The molecule has 0 atom stereocenters. The molecule has 0 aliphatic heterocycles. The van der Waals surface area contributed by atoms with Gasteiger partial charge in [0.15, 0.2) is 0 Å². The zero-order valence-corrected chi connectivity index (χ0v) is 5.87. The zero-order valence-electron chi connectivity index (χ0n) is 5.87. The quantitative estimate of drug-likeness (QED) is 0.353. The van der Waals surface area contributed by atoms with E-state index < -0.39 is 11.1 Å². The molecular formula is C6H11NO3. The van der Waals surface area contributed by atoms with Gasteiger partial charge < -0.3 is 0 Å². The van der Waals surface area contributed by atoms with Gasteiger partial charge in [-0.2, -0.15) is 0 Å². The summed E-state index contributed by atoms with van der Waals surface area (Å²) < 4.78 is 0. The predicted octanol–water partition coefficient (Wildman–Crippen LogP) is 0.950. The molecule has 0 bridgehead atoms. The van der Waals surface area contributed by atoms with Crippen molar-refractivity contribution in [2.24, 2.45) is 0 Å². The molecule has 0 spiro atoms. The topological polar surface area (TPSA) is 60.8 Å². The number of hydrogen-bond acceptors (Lipinski definition) is 3. The SMILES string of the molecule is C=C(CCC)C(=O)N(O)O.